The van der Waals surface area contributed by atoms with Crippen LogP contribution in [-0.4, -0.2) is 0 Å². The van der Waals surface area contributed by atoms with Crippen LogP contribution in [0.5, 0.6) is 0 Å². The van der Waals surface area contributed by atoms with E-state index in [2.05, 4.69) is 325 Å². The smallest absolute Gasteiger partial charge is 0.0465 e. The van der Waals surface area contributed by atoms with Crippen LogP contribution in [0.4, 0.5) is 34.1 Å². The topological polar surface area (TPSA) is 6.48 Å². The number of hydrogen-bond acceptors (Lipinski definition) is 2. The number of fused-ring (bicyclic) bond motifs is 14. The van der Waals surface area contributed by atoms with Gasteiger partial charge in [-0.3, -0.25) is 0 Å². The number of hydrogen-bond donors (Lipinski definition) is 0. The van der Waals surface area contributed by atoms with Crippen LogP contribution >= 0.6 is 0 Å². The van der Waals surface area contributed by atoms with Crippen molar-refractivity contribution in [2.75, 3.05) is 9.80 Å². The number of nitrogens with zero attached hydrogens (tertiary/aromatic N) is 2. The molecule has 0 fully saturated rings. The van der Waals surface area contributed by atoms with Crippen molar-refractivity contribution in [3.63, 3.8) is 0 Å². The molecule has 0 atom stereocenters. The molecule has 4 aliphatic carbocycles. The molecule has 4 aliphatic rings. The van der Waals surface area contributed by atoms with Crippen LogP contribution in [-0.2, 0) is 36.5 Å². The first-order chi connectivity index (χ1) is 43.5. The molecule has 18 rings (SSSR count). The SMILES string of the molecule is c1ccc(-c2ccc(N(c3ccc(-c4ccc(N(c5ccc(-c6ccccc6)cc5)c5ccc6c(c5)C5(Cc7cc8ccccc8cc7C5)c5ccccc5-6)cc4)cc3)c3ccc4c(c3)C3(Cc5cc6ccccc6cc5C3)c3ccccc3-4)cc2)cc1. The van der Waals surface area contributed by atoms with Crippen molar-refractivity contribution in [2.24, 2.45) is 0 Å². The van der Waals surface area contributed by atoms with E-state index in [0.29, 0.717) is 0 Å². The van der Waals surface area contributed by atoms with Crippen LogP contribution in [0, 0.1) is 0 Å². The summed E-state index contributed by atoms with van der Waals surface area (Å²) in [6.07, 6.45) is 3.92. The van der Waals surface area contributed by atoms with Gasteiger partial charge in [-0.15, -0.1) is 0 Å². The molecule has 0 radical (unpaired) electrons. The van der Waals surface area contributed by atoms with Crippen molar-refractivity contribution >= 4 is 55.7 Å². The molecule has 0 saturated carbocycles. The largest absolute Gasteiger partial charge is 0.310 e. The van der Waals surface area contributed by atoms with E-state index in [9.17, 15) is 0 Å². The van der Waals surface area contributed by atoms with Gasteiger partial charge < -0.3 is 9.80 Å². The van der Waals surface area contributed by atoms with Gasteiger partial charge in [0.2, 0.25) is 0 Å². The molecule has 14 aromatic rings. The summed E-state index contributed by atoms with van der Waals surface area (Å²) in [5, 5.41) is 5.26. The van der Waals surface area contributed by atoms with E-state index in [-0.39, 0.29) is 10.8 Å². The van der Waals surface area contributed by atoms with E-state index >= 15 is 0 Å². The summed E-state index contributed by atoms with van der Waals surface area (Å²) >= 11 is 0. The Bertz CT molecular complexity index is 4650. The zero-order valence-corrected chi connectivity index (χ0v) is 48.7. The quantitative estimate of drug-likeness (QED) is 0.142. The summed E-state index contributed by atoms with van der Waals surface area (Å²) in [7, 11) is 0. The molecule has 0 aliphatic heterocycles. The van der Waals surface area contributed by atoms with Gasteiger partial charge in [-0.1, -0.05) is 243 Å². The lowest BCUT2D eigenvalue weighted by atomic mass is 9.75. The predicted octanol–water partition coefficient (Wildman–Crippen LogP) is 22.1. The zero-order chi connectivity index (χ0) is 57.9. The summed E-state index contributed by atoms with van der Waals surface area (Å²) in [6.45, 7) is 0. The average molecular weight is 1120 g/mol. The van der Waals surface area contributed by atoms with Crippen LogP contribution in [0.1, 0.15) is 44.5 Å². The Kier molecular flexibility index (Phi) is 11.4. The normalized spacial score (nSPS) is 14.1. The summed E-state index contributed by atoms with van der Waals surface area (Å²) in [4.78, 5) is 4.92. The first-order valence-electron chi connectivity index (χ1n) is 31.1. The van der Waals surface area contributed by atoms with E-state index in [1.54, 1.807) is 0 Å². The maximum Gasteiger partial charge on any atom is 0.0465 e. The van der Waals surface area contributed by atoms with Gasteiger partial charge in [0, 0.05) is 45.0 Å². The minimum absolute atomic E-state index is 0.158. The Labute approximate surface area is 514 Å². The number of rotatable bonds is 9. The number of anilines is 6. The molecule has 0 aromatic heterocycles. The highest BCUT2D eigenvalue weighted by Crippen LogP contribution is 2.59. The zero-order valence-electron chi connectivity index (χ0n) is 48.7. The van der Waals surface area contributed by atoms with Gasteiger partial charge >= 0.3 is 0 Å². The maximum atomic E-state index is 2.52. The van der Waals surface area contributed by atoms with Crippen LogP contribution in [0.2, 0.25) is 0 Å². The summed E-state index contributed by atoms with van der Waals surface area (Å²) in [5.41, 5.74) is 30.5. The van der Waals surface area contributed by atoms with E-state index in [0.717, 1.165) is 59.8 Å². The monoisotopic (exact) mass is 1120 g/mol. The molecule has 0 amide bonds. The lowest BCUT2D eigenvalue weighted by Gasteiger charge is -2.30. The van der Waals surface area contributed by atoms with Crippen molar-refractivity contribution in [3.8, 4) is 55.6 Å². The van der Waals surface area contributed by atoms with Crippen LogP contribution in [0.15, 0.2) is 315 Å². The van der Waals surface area contributed by atoms with E-state index in [1.165, 1.54) is 122 Å². The molecule has 0 N–H and O–H groups in total. The van der Waals surface area contributed by atoms with Crippen LogP contribution in [0.25, 0.3) is 77.2 Å². The lowest BCUT2D eigenvalue weighted by molar-refractivity contribution is 0.563. The van der Waals surface area contributed by atoms with Gasteiger partial charge in [-0.25, -0.2) is 0 Å². The Hall–Kier alpha value is -10.8. The van der Waals surface area contributed by atoms with Crippen molar-refractivity contribution in [2.45, 2.75) is 36.5 Å². The Morgan fingerprint density at radius 3 is 0.761 bits per heavy atom. The molecule has 0 saturated heterocycles. The van der Waals surface area contributed by atoms with Gasteiger partial charge in [0.25, 0.3) is 0 Å². The van der Waals surface area contributed by atoms with Gasteiger partial charge in [-0.05, 0) is 220 Å². The molecular formula is C86H60N2. The Morgan fingerprint density at radius 2 is 0.443 bits per heavy atom. The molecule has 414 valence electrons. The van der Waals surface area contributed by atoms with Crippen molar-refractivity contribution in [1.82, 2.24) is 0 Å². The van der Waals surface area contributed by atoms with Gasteiger partial charge in [0.15, 0.2) is 0 Å². The Balaban J connectivity index is 0.715. The van der Waals surface area contributed by atoms with Crippen molar-refractivity contribution < 1.29 is 0 Å². The fourth-order valence-electron chi connectivity index (χ4n) is 16.0. The third kappa shape index (κ3) is 8.02. The average Bonchev–Trinajstić information content (AvgIpc) is 1.71. The molecule has 2 heteroatoms. The van der Waals surface area contributed by atoms with E-state index < -0.39 is 0 Å². The second-order valence-electron chi connectivity index (χ2n) is 24.9. The highest BCUT2D eigenvalue weighted by molar-refractivity contribution is 5.92. The summed E-state index contributed by atoms with van der Waals surface area (Å²) in [6, 6.07) is 119. The standard InChI is InChI=1S/C86H60N2/c1-3-15-57(16-4-1)59-27-35-71(36-28-59)87(75-43-45-79-77-23-11-13-25-81(77)85(83(79)51-75)53-67-47-63-19-7-8-20-64(63)48-68(67)54-85)73-39-31-61(32-40-73)62-33-41-74(42-34-62)88(72-37-29-60(30-38-72)58-17-5-2-6-18-58)76-44-46-80-78-24-12-14-26-82(78)86(84(80)52-76)55-69-49-65-21-9-10-22-66(65)50-70(69)56-86/h1-52H,53-56H2. The highest BCUT2D eigenvalue weighted by atomic mass is 15.1. The third-order valence-corrected chi connectivity index (χ3v) is 20.2. The molecule has 0 unspecified atom stereocenters. The predicted molar refractivity (Wildman–Crippen MR) is 367 cm³/mol. The van der Waals surface area contributed by atoms with Gasteiger partial charge in [0.05, 0.1) is 0 Å². The minimum atomic E-state index is -0.158. The minimum Gasteiger partial charge on any atom is -0.310 e. The second-order valence-corrected chi connectivity index (χ2v) is 24.9. The fraction of sp³-hybridized carbons (Fsp3) is 0.0698. The first kappa shape index (κ1) is 50.5. The fourth-order valence-corrected chi connectivity index (χ4v) is 16.0. The molecule has 2 spiro atoms. The van der Waals surface area contributed by atoms with Crippen molar-refractivity contribution in [3.05, 3.63) is 360 Å². The van der Waals surface area contributed by atoms with E-state index in [4.69, 9.17) is 0 Å². The van der Waals surface area contributed by atoms with Gasteiger partial charge in [0.1, 0.15) is 0 Å². The van der Waals surface area contributed by atoms with Gasteiger partial charge in [-0.2, -0.15) is 0 Å². The lowest BCUT2D eigenvalue weighted by Crippen LogP contribution is -2.26. The molecule has 14 aromatic carbocycles. The first-order valence-corrected chi connectivity index (χ1v) is 31.1. The number of benzene rings is 14. The molecule has 0 heterocycles. The second kappa shape index (κ2) is 19.9. The molecule has 2 nitrogen and oxygen atoms in total. The maximum absolute atomic E-state index is 2.52. The third-order valence-electron chi connectivity index (χ3n) is 20.2. The molecule has 0 bridgehead atoms. The molecule has 88 heavy (non-hydrogen) atoms. The highest BCUT2D eigenvalue weighted by Gasteiger charge is 2.49. The summed E-state index contributed by atoms with van der Waals surface area (Å²) < 4.78 is 0. The van der Waals surface area contributed by atoms with Crippen LogP contribution < -0.4 is 9.80 Å². The van der Waals surface area contributed by atoms with E-state index in [1.807, 2.05) is 0 Å². The summed E-state index contributed by atoms with van der Waals surface area (Å²) in [5.74, 6) is 0. The molecular weight excluding hydrogens is 1060 g/mol. The van der Waals surface area contributed by atoms with Crippen LogP contribution in [0.3, 0.4) is 0 Å². The van der Waals surface area contributed by atoms with Crippen molar-refractivity contribution in [1.29, 1.82) is 0 Å². The Morgan fingerprint density at radius 1 is 0.193 bits per heavy atom.